The number of hydrogen-bond donors (Lipinski definition) is 1. The van der Waals surface area contributed by atoms with Gasteiger partial charge in [-0.25, -0.2) is 0 Å². The highest BCUT2D eigenvalue weighted by molar-refractivity contribution is 5.92. The third kappa shape index (κ3) is 3.29. The van der Waals surface area contributed by atoms with Crippen molar-refractivity contribution in [3.8, 4) is 0 Å². The number of anilines is 1. The van der Waals surface area contributed by atoms with Gasteiger partial charge in [0.05, 0.1) is 23.5 Å². The molecule has 0 radical (unpaired) electrons. The van der Waals surface area contributed by atoms with Crippen LogP contribution in [-0.2, 0) is 22.6 Å². The van der Waals surface area contributed by atoms with E-state index in [0.29, 0.717) is 13.0 Å². The fraction of sp³-hybridized carbons (Fsp3) is 0.562. The molecule has 0 aliphatic carbocycles. The number of aryl methyl sites for hydroxylation is 2. The van der Waals surface area contributed by atoms with Gasteiger partial charge in [-0.05, 0) is 25.8 Å². The number of aromatic nitrogens is 4. The number of carbonyl (C=O) groups excluding carboxylic acids is 1. The van der Waals surface area contributed by atoms with Crippen molar-refractivity contribution in [3.05, 3.63) is 30.4 Å². The Balaban J connectivity index is 1.70. The quantitative estimate of drug-likeness (QED) is 0.886. The minimum atomic E-state index is -0.233. The van der Waals surface area contributed by atoms with E-state index in [1.54, 1.807) is 12.4 Å². The summed E-state index contributed by atoms with van der Waals surface area (Å²) in [5.41, 5.74) is 1.70. The van der Waals surface area contributed by atoms with Crippen LogP contribution in [0.25, 0.3) is 0 Å². The molecular formula is C16H23N5O2. The van der Waals surface area contributed by atoms with Gasteiger partial charge in [-0.15, -0.1) is 0 Å². The first-order chi connectivity index (χ1) is 11.2. The van der Waals surface area contributed by atoms with Crippen molar-refractivity contribution in [3.63, 3.8) is 0 Å². The molecular weight excluding hydrogens is 294 g/mol. The van der Waals surface area contributed by atoms with Gasteiger partial charge < -0.3 is 10.1 Å². The van der Waals surface area contributed by atoms with Crippen molar-refractivity contribution in [1.82, 2.24) is 19.6 Å². The fourth-order valence-electron chi connectivity index (χ4n) is 3.01. The lowest BCUT2D eigenvalue weighted by molar-refractivity contribution is -0.121. The Morgan fingerprint density at radius 2 is 2.30 bits per heavy atom. The predicted molar refractivity (Wildman–Crippen MR) is 85.8 cm³/mol. The molecule has 124 valence electrons. The highest BCUT2D eigenvalue weighted by atomic mass is 16.5. The Bertz CT molecular complexity index is 663. The van der Waals surface area contributed by atoms with E-state index < -0.39 is 0 Å². The molecule has 0 bridgehead atoms. The van der Waals surface area contributed by atoms with Gasteiger partial charge in [0.15, 0.2) is 0 Å². The van der Waals surface area contributed by atoms with E-state index in [1.165, 1.54) is 0 Å². The van der Waals surface area contributed by atoms with Crippen molar-refractivity contribution in [1.29, 1.82) is 0 Å². The largest absolute Gasteiger partial charge is 0.371 e. The maximum absolute atomic E-state index is 12.6. The molecule has 3 heterocycles. The number of rotatable bonds is 6. The molecule has 1 saturated heterocycles. The highest BCUT2D eigenvalue weighted by Crippen LogP contribution is 2.35. The van der Waals surface area contributed by atoms with E-state index in [9.17, 15) is 4.79 Å². The minimum absolute atomic E-state index is 0.0209. The van der Waals surface area contributed by atoms with Gasteiger partial charge in [0.1, 0.15) is 6.10 Å². The molecule has 1 aliphatic rings. The van der Waals surface area contributed by atoms with E-state index in [-0.39, 0.29) is 17.9 Å². The number of nitrogens with zero attached hydrogens (tertiary/aromatic N) is 4. The van der Waals surface area contributed by atoms with Gasteiger partial charge in [-0.3, -0.25) is 14.2 Å². The molecule has 2 atom stereocenters. The van der Waals surface area contributed by atoms with E-state index in [2.05, 4.69) is 22.4 Å². The third-order valence-electron chi connectivity index (χ3n) is 4.12. The Morgan fingerprint density at radius 3 is 3.09 bits per heavy atom. The zero-order valence-electron chi connectivity index (χ0n) is 13.6. The molecule has 7 heteroatoms. The van der Waals surface area contributed by atoms with Crippen LogP contribution in [0.15, 0.2) is 24.7 Å². The molecule has 0 aromatic carbocycles. The molecule has 1 aliphatic heterocycles. The monoisotopic (exact) mass is 317 g/mol. The van der Waals surface area contributed by atoms with Crippen LogP contribution < -0.4 is 5.32 Å². The van der Waals surface area contributed by atoms with Crippen molar-refractivity contribution in [2.45, 2.75) is 45.9 Å². The van der Waals surface area contributed by atoms with Gasteiger partial charge in [0.2, 0.25) is 5.91 Å². The van der Waals surface area contributed by atoms with Crippen molar-refractivity contribution < 1.29 is 9.53 Å². The number of ether oxygens (including phenoxy) is 1. The summed E-state index contributed by atoms with van der Waals surface area (Å²) in [5, 5.41) is 11.5. The summed E-state index contributed by atoms with van der Waals surface area (Å²) in [4.78, 5) is 12.6. The standard InChI is InChI=1S/C16H23N5O2/c1-3-8-20-11-12(10-18-20)19-16(22)13-6-9-23-15(13)14-5-7-17-21(14)4-2/h5,7,10-11,13,15H,3-4,6,8-9H2,1-2H3,(H,19,22)/t13-,15-/m1/s1. The zero-order chi connectivity index (χ0) is 16.2. The SMILES string of the molecule is CCCn1cc(NC(=O)[C@@H]2CCO[C@H]2c2ccnn2CC)cn1. The van der Waals surface area contributed by atoms with Crippen LogP contribution in [0.1, 0.15) is 38.5 Å². The zero-order valence-corrected chi connectivity index (χ0v) is 13.6. The van der Waals surface area contributed by atoms with Crippen LogP contribution >= 0.6 is 0 Å². The summed E-state index contributed by atoms with van der Waals surface area (Å²) in [6.45, 7) is 6.33. The molecule has 3 rings (SSSR count). The van der Waals surface area contributed by atoms with Crippen LogP contribution in [-0.4, -0.2) is 32.1 Å². The van der Waals surface area contributed by atoms with E-state index in [4.69, 9.17) is 4.74 Å². The molecule has 2 aromatic rings. The highest BCUT2D eigenvalue weighted by Gasteiger charge is 2.37. The van der Waals surface area contributed by atoms with Crippen molar-refractivity contribution in [2.75, 3.05) is 11.9 Å². The van der Waals surface area contributed by atoms with Crippen LogP contribution in [0, 0.1) is 5.92 Å². The summed E-state index contributed by atoms with van der Waals surface area (Å²) in [7, 11) is 0. The Kier molecular flexibility index (Phi) is 4.76. The normalized spacial score (nSPS) is 20.8. The van der Waals surface area contributed by atoms with Crippen LogP contribution in [0.5, 0.6) is 0 Å². The van der Waals surface area contributed by atoms with Crippen molar-refractivity contribution >= 4 is 11.6 Å². The second-order valence-electron chi connectivity index (χ2n) is 5.74. The van der Waals surface area contributed by atoms with Gasteiger partial charge in [-0.2, -0.15) is 10.2 Å². The van der Waals surface area contributed by atoms with Crippen LogP contribution in [0.4, 0.5) is 5.69 Å². The van der Waals surface area contributed by atoms with Gasteiger partial charge in [0.25, 0.3) is 0 Å². The van der Waals surface area contributed by atoms with Crippen molar-refractivity contribution in [2.24, 2.45) is 5.92 Å². The first-order valence-corrected chi connectivity index (χ1v) is 8.19. The summed E-state index contributed by atoms with van der Waals surface area (Å²) in [6, 6.07) is 1.93. The van der Waals surface area contributed by atoms with Crippen LogP contribution in [0.3, 0.4) is 0 Å². The second kappa shape index (κ2) is 6.95. The van der Waals surface area contributed by atoms with Crippen LogP contribution in [0.2, 0.25) is 0 Å². The first kappa shape index (κ1) is 15.7. The number of nitrogens with one attached hydrogen (secondary N) is 1. The first-order valence-electron chi connectivity index (χ1n) is 8.19. The predicted octanol–water partition coefficient (Wildman–Crippen LogP) is 2.23. The number of amides is 1. The minimum Gasteiger partial charge on any atom is -0.371 e. The third-order valence-corrected chi connectivity index (χ3v) is 4.12. The lowest BCUT2D eigenvalue weighted by Crippen LogP contribution is -2.26. The number of hydrogen-bond acceptors (Lipinski definition) is 4. The fourth-order valence-corrected chi connectivity index (χ4v) is 3.01. The molecule has 1 N–H and O–H groups in total. The summed E-state index contributed by atoms with van der Waals surface area (Å²) in [5.74, 6) is -0.223. The molecule has 0 spiro atoms. The van der Waals surface area contributed by atoms with E-state index >= 15 is 0 Å². The van der Waals surface area contributed by atoms with E-state index in [0.717, 1.165) is 30.9 Å². The summed E-state index contributed by atoms with van der Waals surface area (Å²) >= 11 is 0. The smallest absolute Gasteiger partial charge is 0.230 e. The molecule has 0 saturated carbocycles. The molecule has 0 unspecified atom stereocenters. The average Bonchev–Trinajstić information content (AvgIpc) is 3.27. The summed E-state index contributed by atoms with van der Waals surface area (Å²) < 4.78 is 9.53. The maximum atomic E-state index is 12.6. The Hall–Kier alpha value is -2.15. The van der Waals surface area contributed by atoms with Gasteiger partial charge in [-0.1, -0.05) is 6.92 Å². The molecule has 2 aromatic heterocycles. The Morgan fingerprint density at radius 1 is 1.43 bits per heavy atom. The molecule has 1 amide bonds. The summed E-state index contributed by atoms with van der Waals surface area (Å²) in [6.07, 6.45) is 6.80. The second-order valence-corrected chi connectivity index (χ2v) is 5.74. The van der Waals surface area contributed by atoms with Gasteiger partial charge >= 0.3 is 0 Å². The molecule has 7 nitrogen and oxygen atoms in total. The van der Waals surface area contributed by atoms with Gasteiger partial charge in [0, 0.05) is 32.1 Å². The number of carbonyl (C=O) groups is 1. The molecule has 1 fully saturated rings. The average molecular weight is 317 g/mol. The lowest BCUT2D eigenvalue weighted by Gasteiger charge is -2.18. The maximum Gasteiger partial charge on any atom is 0.230 e. The lowest BCUT2D eigenvalue weighted by atomic mass is 9.98. The topological polar surface area (TPSA) is 74.0 Å². The Labute approximate surface area is 135 Å². The van der Waals surface area contributed by atoms with E-state index in [1.807, 2.05) is 28.6 Å². The molecule has 23 heavy (non-hydrogen) atoms.